The van der Waals surface area contributed by atoms with E-state index in [9.17, 15) is 0 Å². The number of hydrogen-bond donors (Lipinski definition) is 0. The lowest BCUT2D eigenvalue weighted by molar-refractivity contribution is 0.155. The molecule has 0 atom stereocenters. The summed E-state index contributed by atoms with van der Waals surface area (Å²) in [6.07, 6.45) is 17.8. The van der Waals surface area contributed by atoms with Gasteiger partial charge in [-0.1, -0.05) is 89.1 Å². The number of aryl methyl sites for hydroxylation is 1. The van der Waals surface area contributed by atoms with Crippen LogP contribution < -0.4 is 0 Å². The van der Waals surface area contributed by atoms with Gasteiger partial charge in [0.15, 0.2) is 0 Å². The zero-order valence-corrected chi connectivity index (χ0v) is 19.3. The van der Waals surface area contributed by atoms with Crippen LogP contribution in [-0.2, 0) is 0 Å². The van der Waals surface area contributed by atoms with Crippen LogP contribution in [0.15, 0.2) is 24.3 Å². The topological polar surface area (TPSA) is 0 Å². The molecule has 0 aromatic heterocycles. The van der Waals surface area contributed by atoms with Crippen LogP contribution in [0.5, 0.6) is 0 Å². The number of benzene rings is 1. The molecule has 0 aliphatic heterocycles. The van der Waals surface area contributed by atoms with Crippen LogP contribution in [0.4, 0.5) is 0 Å². The molecule has 0 amide bonds. The van der Waals surface area contributed by atoms with E-state index in [1.165, 1.54) is 56.9 Å². The van der Waals surface area contributed by atoms with E-state index in [0.29, 0.717) is 0 Å². The maximum absolute atomic E-state index is 2.43. The van der Waals surface area contributed by atoms with Gasteiger partial charge in [-0.15, -0.1) is 0 Å². The molecule has 0 heteroatoms. The molecule has 0 radical (unpaired) electrons. The van der Waals surface area contributed by atoms with E-state index in [1.807, 2.05) is 0 Å². The van der Waals surface area contributed by atoms with Crippen molar-refractivity contribution >= 4 is 0 Å². The Balaban J connectivity index is 0.000000161. The summed E-state index contributed by atoms with van der Waals surface area (Å²) in [5.41, 5.74) is 2.93. The van der Waals surface area contributed by atoms with Crippen molar-refractivity contribution < 1.29 is 0 Å². The molecular weight excluding hydrogens is 336 g/mol. The highest BCUT2D eigenvalue weighted by atomic mass is 14.3. The minimum atomic E-state index is 0.840. The van der Waals surface area contributed by atoms with Crippen LogP contribution in [0.3, 0.4) is 0 Å². The van der Waals surface area contributed by atoms with Gasteiger partial charge in [0.05, 0.1) is 0 Å². The molecule has 28 heavy (non-hydrogen) atoms. The molecule has 3 fully saturated rings. The van der Waals surface area contributed by atoms with E-state index in [1.54, 1.807) is 31.2 Å². The van der Waals surface area contributed by atoms with Crippen LogP contribution in [0.2, 0.25) is 0 Å². The van der Waals surface area contributed by atoms with Crippen molar-refractivity contribution in [2.24, 2.45) is 29.6 Å². The summed E-state index contributed by atoms with van der Waals surface area (Å²) >= 11 is 0. The Labute approximate surface area is 175 Å². The highest BCUT2D eigenvalue weighted by molar-refractivity contribution is 5.24. The molecule has 158 valence electrons. The predicted octanol–water partition coefficient (Wildman–Crippen LogP) is 8.93. The monoisotopic (exact) mass is 382 g/mol. The normalized spacial score (nSPS) is 36.3. The second kappa shape index (κ2) is 10.8. The summed E-state index contributed by atoms with van der Waals surface area (Å²) in [6, 6.07) is 9.12. The minimum Gasteiger partial charge on any atom is -0.0625 e. The average Bonchev–Trinajstić information content (AvgIpc) is 2.71. The molecule has 3 aliphatic rings. The van der Waals surface area contributed by atoms with Crippen molar-refractivity contribution in [1.29, 1.82) is 0 Å². The van der Waals surface area contributed by atoms with Gasteiger partial charge >= 0.3 is 0 Å². The Hall–Kier alpha value is -0.780. The second-order valence-corrected chi connectivity index (χ2v) is 10.9. The Morgan fingerprint density at radius 3 is 1.25 bits per heavy atom. The smallest absolute Gasteiger partial charge is 0.0162 e. The summed E-state index contributed by atoms with van der Waals surface area (Å²) in [6.45, 7) is 9.40. The Morgan fingerprint density at radius 2 is 0.857 bits per heavy atom. The Bertz CT molecular complexity index is 512. The van der Waals surface area contributed by atoms with E-state index in [0.717, 1.165) is 35.5 Å². The van der Waals surface area contributed by atoms with Gasteiger partial charge in [0.1, 0.15) is 0 Å². The van der Waals surface area contributed by atoms with Gasteiger partial charge in [-0.25, -0.2) is 0 Å². The van der Waals surface area contributed by atoms with Crippen LogP contribution in [0, 0.1) is 36.5 Å². The molecule has 3 aliphatic carbocycles. The first-order chi connectivity index (χ1) is 13.5. The summed E-state index contributed by atoms with van der Waals surface area (Å²) in [4.78, 5) is 0. The maximum Gasteiger partial charge on any atom is -0.0162 e. The van der Waals surface area contributed by atoms with E-state index >= 15 is 0 Å². The van der Waals surface area contributed by atoms with E-state index in [2.05, 4.69) is 52.0 Å². The Kier molecular flexibility index (Phi) is 8.49. The van der Waals surface area contributed by atoms with Crippen molar-refractivity contribution in [3.05, 3.63) is 35.4 Å². The molecule has 0 N–H and O–H groups in total. The summed E-state index contributed by atoms with van der Waals surface area (Å²) in [7, 11) is 0. The third-order valence-corrected chi connectivity index (χ3v) is 8.35. The summed E-state index contributed by atoms with van der Waals surface area (Å²) in [5, 5.41) is 0. The van der Waals surface area contributed by atoms with Crippen molar-refractivity contribution in [3.8, 4) is 0 Å². The SMILES string of the molecule is CC1CCC(C2CCC(C)CC2)CC1.Cc1ccc(C2CCC(C)CC2)cc1. The van der Waals surface area contributed by atoms with Gasteiger partial charge in [0.2, 0.25) is 0 Å². The molecular formula is C28H46. The molecule has 0 saturated heterocycles. The van der Waals surface area contributed by atoms with Crippen LogP contribution >= 0.6 is 0 Å². The molecule has 0 bridgehead atoms. The van der Waals surface area contributed by atoms with E-state index in [-0.39, 0.29) is 0 Å². The van der Waals surface area contributed by atoms with Gasteiger partial charge in [-0.2, -0.15) is 0 Å². The fraction of sp³-hybridized carbons (Fsp3) is 0.786. The molecule has 3 saturated carbocycles. The number of hydrogen-bond acceptors (Lipinski definition) is 0. The van der Waals surface area contributed by atoms with Crippen LogP contribution in [-0.4, -0.2) is 0 Å². The quantitative estimate of drug-likeness (QED) is 0.479. The first-order valence-corrected chi connectivity index (χ1v) is 12.6. The Morgan fingerprint density at radius 1 is 0.500 bits per heavy atom. The van der Waals surface area contributed by atoms with Gasteiger partial charge in [0, 0.05) is 0 Å². The lowest BCUT2D eigenvalue weighted by Crippen LogP contribution is -2.24. The standard InChI is InChI=1S/C14H26.C14H20/c2*1-11-3-7-13(8-4-11)14-9-5-12(2)6-10-14/h11-14H,3-10H2,1-2H3;3-4,7-8,12,14H,5-6,9-10H2,1-2H3. The van der Waals surface area contributed by atoms with Crippen molar-refractivity contribution in [2.45, 2.75) is 111 Å². The molecule has 4 rings (SSSR count). The lowest BCUT2D eigenvalue weighted by Gasteiger charge is -2.36. The van der Waals surface area contributed by atoms with E-state index < -0.39 is 0 Å². The molecule has 1 aromatic rings. The van der Waals surface area contributed by atoms with Crippen LogP contribution in [0.25, 0.3) is 0 Å². The van der Waals surface area contributed by atoms with Crippen LogP contribution in [0.1, 0.15) is 115 Å². The lowest BCUT2D eigenvalue weighted by atomic mass is 9.70. The average molecular weight is 383 g/mol. The molecule has 0 nitrogen and oxygen atoms in total. The fourth-order valence-corrected chi connectivity index (χ4v) is 5.95. The van der Waals surface area contributed by atoms with Crippen molar-refractivity contribution in [1.82, 2.24) is 0 Å². The first-order valence-electron chi connectivity index (χ1n) is 12.6. The fourth-order valence-electron chi connectivity index (χ4n) is 5.95. The number of rotatable bonds is 2. The van der Waals surface area contributed by atoms with Gasteiger partial charge in [0.25, 0.3) is 0 Å². The largest absolute Gasteiger partial charge is 0.0625 e. The highest BCUT2D eigenvalue weighted by Gasteiger charge is 2.28. The van der Waals surface area contributed by atoms with Crippen molar-refractivity contribution in [2.75, 3.05) is 0 Å². The second-order valence-electron chi connectivity index (χ2n) is 10.9. The molecule has 0 heterocycles. The zero-order valence-electron chi connectivity index (χ0n) is 19.3. The minimum absolute atomic E-state index is 0.840. The van der Waals surface area contributed by atoms with Gasteiger partial charge in [-0.05, 0) is 86.5 Å². The summed E-state index contributed by atoms with van der Waals surface area (Å²) < 4.78 is 0. The molecule has 0 spiro atoms. The van der Waals surface area contributed by atoms with Crippen molar-refractivity contribution in [3.63, 3.8) is 0 Å². The first kappa shape index (κ1) is 21.9. The van der Waals surface area contributed by atoms with Gasteiger partial charge in [-0.3, -0.25) is 0 Å². The summed E-state index contributed by atoms with van der Waals surface area (Å²) in [5.74, 6) is 6.06. The van der Waals surface area contributed by atoms with Gasteiger partial charge < -0.3 is 0 Å². The van der Waals surface area contributed by atoms with E-state index in [4.69, 9.17) is 0 Å². The maximum atomic E-state index is 2.43. The molecule has 0 unspecified atom stereocenters. The predicted molar refractivity (Wildman–Crippen MR) is 124 cm³/mol. The third-order valence-electron chi connectivity index (χ3n) is 8.35. The zero-order chi connectivity index (χ0) is 19.9. The highest BCUT2D eigenvalue weighted by Crippen LogP contribution is 2.41. The molecule has 1 aromatic carbocycles. The third kappa shape index (κ3) is 6.64.